The molecule has 0 aromatic carbocycles. The second kappa shape index (κ2) is 4.94. The Morgan fingerprint density at radius 2 is 1.89 bits per heavy atom. The van der Waals surface area contributed by atoms with Crippen LogP contribution in [-0.2, 0) is 23.8 Å². The van der Waals surface area contributed by atoms with Crippen molar-refractivity contribution in [1.29, 1.82) is 0 Å². The summed E-state index contributed by atoms with van der Waals surface area (Å²) in [6.07, 6.45) is 2.62. The standard InChI is InChI=1S/C13H18O6/c1-3-17-10(15)13(11(16)18-4-2)7-12(8-14)6-5-9(13)19-12/h5-6,9,14H,3-4,7-8H2,1-2H3. The van der Waals surface area contributed by atoms with Crippen molar-refractivity contribution in [1.82, 2.24) is 0 Å². The lowest BCUT2D eigenvalue weighted by Crippen LogP contribution is -2.49. The van der Waals surface area contributed by atoms with Gasteiger partial charge in [-0.25, -0.2) is 0 Å². The van der Waals surface area contributed by atoms with Crippen LogP contribution in [0.2, 0.25) is 0 Å². The van der Waals surface area contributed by atoms with Crippen LogP contribution >= 0.6 is 0 Å². The Kier molecular flexibility index (Phi) is 3.64. The van der Waals surface area contributed by atoms with Crippen molar-refractivity contribution in [3.05, 3.63) is 12.2 Å². The number of fused-ring (bicyclic) bond motifs is 2. The molecule has 0 saturated carbocycles. The second-order valence-corrected chi connectivity index (χ2v) is 4.71. The molecule has 2 rings (SSSR count). The molecule has 0 amide bonds. The fourth-order valence-electron chi connectivity index (χ4n) is 2.66. The van der Waals surface area contributed by atoms with Gasteiger partial charge in [-0.2, -0.15) is 0 Å². The van der Waals surface area contributed by atoms with E-state index in [1.54, 1.807) is 26.0 Å². The van der Waals surface area contributed by atoms with Crippen LogP contribution in [0.4, 0.5) is 0 Å². The molecule has 0 spiro atoms. The fraction of sp³-hybridized carbons (Fsp3) is 0.692. The minimum atomic E-state index is -1.50. The highest BCUT2D eigenvalue weighted by Gasteiger charge is 2.67. The summed E-state index contributed by atoms with van der Waals surface area (Å²) >= 11 is 0. The molecule has 2 aliphatic heterocycles. The van der Waals surface area contributed by atoms with Crippen molar-refractivity contribution >= 4 is 11.9 Å². The Bertz CT molecular complexity index is 397. The van der Waals surface area contributed by atoms with Gasteiger partial charge in [-0.05, 0) is 13.8 Å². The van der Waals surface area contributed by atoms with Gasteiger partial charge in [-0.15, -0.1) is 0 Å². The van der Waals surface area contributed by atoms with Crippen LogP contribution in [0.5, 0.6) is 0 Å². The lowest BCUT2D eigenvalue weighted by Gasteiger charge is -2.29. The minimum absolute atomic E-state index is 0.0509. The number of esters is 2. The zero-order chi connectivity index (χ0) is 14.1. The van der Waals surface area contributed by atoms with Crippen LogP contribution in [0.15, 0.2) is 12.2 Å². The first-order valence-corrected chi connectivity index (χ1v) is 6.37. The van der Waals surface area contributed by atoms with E-state index in [1.807, 2.05) is 0 Å². The van der Waals surface area contributed by atoms with Crippen LogP contribution in [0, 0.1) is 5.41 Å². The number of aliphatic hydroxyl groups is 1. The monoisotopic (exact) mass is 270 g/mol. The molecule has 6 nitrogen and oxygen atoms in total. The first kappa shape index (κ1) is 14.0. The summed E-state index contributed by atoms with van der Waals surface area (Å²) in [6, 6.07) is 0. The van der Waals surface area contributed by atoms with Gasteiger partial charge in [0.1, 0.15) is 11.7 Å². The van der Waals surface area contributed by atoms with Gasteiger partial charge in [0.05, 0.1) is 19.8 Å². The lowest BCUT2D eigenvalue weighted by molar-refractivity contribution is -0.174. The molecule has 0 radical (unpaired) electrons. The summed E-state index contributed by atoms with van der Waals surface area (Å²) < 4.78 is 15.6. The Morgan fingerprint density at radius 3 is 2.32 bits per heavy atom. The maximum atomic E-state index is 12.2. The predicted molar refractivity (Wildman–Crippen MR) is 64.1 cm³/mol. The van der Waals surface area contributed by atoms with Crippen molar-refractivity contribution in [2.24, 2.45) is 5.41 Å². The summed E-state index contributed by atoms with van der Waals surface area (Å²) in [5, 5.41) is 9.42. The van der Waals surface area contributed by atoms with E-state index in [0.717, 1.165) is 0 Å². The number of carbonyl (C=O) groups is 2. The number of hydrogen-bond donors (Lipinski definition) is 1. The molecule has 1 N–H and O–H groups in total. The predicted octanol–water partition coefficient (Wildman–Crippen LogP) is 0.189. The molecule has 2 unspecified atom stereocenters. The number of carbonyl (C=O) groups excluding carboxylic acids is 2. The maximum absolute atomic E-state index is 12.2. The molecule has 6 heteroatoms. The molecule has 106 valence electrons. The van der Waals surface area contributed by atoms with E-state index < -0.39 is 29.1 Å². The van der Waals surface area contributed by atoms with Crippen molar-refractivity contribution in [3.63, 3.8) is 0 Å². The van der Waals surface area contributed by atoms with Gasteiger partial charge in [-0.3, -0.25) is 9.59 Å². The van der Waals surface area contributed by atoms with E-state index in [2.05, 4.69) is 0 Å². The molecule has 1 saturated heterocycles. The third-order valence-electron chi connectivity index (χ3n) is 3.55. The Morgan fingerprint density at radius 1 is 1.32 bits per heavy atom. The molecular weight excluding hydrogens is 252 g/mol. The van der Waals surface area contributed by atoms with Gasteiger partial charge >= 0.3 is 11.9 Å². The topological polar surface area (TPSA) is 82.1 Å². The van der Waals surface area contributed by atoms with Crippen LogP contribution in [0.1, 0.15) is 20.3 Å². The molecule has 2 heterocycles. The average molecular weight is 270 g/mol. The normalized spacial score (nSPS) is 30.4. The molecule has 19 heavy (non-hydrogen) atoms. The van der Waals surface area contributed by atoms with Gasteiger partial charge < -0.3 is 19.3 Å². The SMILES string of the molecule is CCOC(=O)C1(C(=O)OCC)CC2(CO)C=CC1O2. The van der Waals surface area contributed by atoms with Crippen LogP contribution < -0.4 is 0 Å². The number of hydrogen-bond acceptors (Lipinski definition) is 6. The quantitative estimate of drug-likeness (QED) is 0.436. The van der Waals surface area contributed by atoms with Crippen molar-refractivity contribution in [2.45, 2.75) is 32.0 Å². The second-order valence-electron chi connectivity index (χ2n) is 4.71. The fourth-order valence-corrected chi connectivity index (χ4v) is 2.66. The smallest absolute Gasteiger partial charge is 0.326 e. The first-order valence-electron chi connectivity index (χ1n) is 6.37. The number of ether oxygens (including phenoxy) is 3. The van der Waals surface area contributed by atoms with Crippen molar-refractivity contribution in [3.8, 4) is 0 Å². The van der Waals surface area contributed by atoms with Gasteiger partial charge in [0.25, 0.3) is 0 Å². The summed E-state index contributed by atoms with van der Waals surface area (Å²) in [7, 11) is 0. The van der Waals surface area contributed by atoms with Crippen LogP contribution in [0.3, 0.4) is 0 Å². The largest absolute Gasteiger partial charge is 0.465 e. The van der Waals surface area contributed by atoms with E-state index >= 15 is 0 Å². The van der Waals surface area contributed by atoms with Gasteiger partial charge in [-0.1, -0.05) is 12.2 Å². The molecule has 2 bridgehead atoms. The Labute approximate surface area is 111 Å². The zero-order valence-electron chi connectivity index (χ0n) is 11.0. The molecule has 2 aliphatic rings. The molecule has 0 aromatic rings. The summed E-state index contributed by atoms with van der Waals surface area (Å²) in [6.45, 7) is 3.39. The van der Waals surface area contributed by atoms with E-state index in [1.165, 1.54) is 0 Å². The molecule has 2 atom stereocenters. The molecule has 0 aliphatic carbocycles. The maximum Gasteiger partial charge on any atom is 0.326 e. The minimum Gasteiger partial charge on any atom is -0.465 e. The van der Waals surface area contributed by atoms with Gasteiger partial charge in [0, 0.05) is 6.42 Å². The third kappa shape index (κ3) is 1.95. The van der Waals surface area contributed by atoms with E-state index in [4.69, 9.17) is 14.2 Å². The Balaban J connectivity index is 2.35. The summed E-state index contributed by atoms with van der Waals surface area (Å²) in [4.78, 5) is 24.4. The highest BCUT2D eigenvalue weighted by molar-refractivity contribution is 6.02. The van der Waals surface area contributed by atoms with Crippen LogP contribution in [-0.4, -0.2) is 48.6 Å². The summed E-state index contributed by atoms with van der Waals surface area (Å²) in [5.41, 5.74) is -2.48. The van der Waals surface area contributed by atoms with Gasteiger partial charge in [0.15, 0.2) is 5.41 Å². The molecular formula is C13H18O6. The van der Waals surface area contributed by atoms with Gasteiger partial charge in [0.2, 0.25) is 0 Å². The molecule has 0 aromatic heterocycles. The average Bonchev–Trinajstić information content (AvgIpc) is 2.96. The van der Waals surface area contributed by atoms with Crippen molar-refractivity contribution in [2.75, 3.05) is 19.8 Å². The van der Waals surface area contributed by atoms with E-state index in [-0.39, 0.29) is 26.2 Å². The lowest BCUT2D eigenvalue weighted by atomic mass is 9.73. The molecule has 1 fully saturated rings. The van der Waals surface area contributed by atoms with E-state index in [0.29, 0.717) is 0 Å². The van der Waals surface area contributed by atoms with E-state index in [9.17, 15) is 14.7 Å². The highest BCUT2D eigenvalue weighted by Crippen LogP contribution is 2.51. The first-order chi connectivity index (χ1) is 9.04. The number of aliphatic hydroxyl groups excluding tert-OH is 1. The number of rotatable bonds is 5. The van der Waals surface area contributed by atoms with Crippen molar-refractivity contribution < 1.29 is 28.9 Å². The highest BCUT2D eigenvalue weighted by atomic mass is 16.6. The third-order valence-corrected chi connectivity index (χ3v) is 3.55. The zero-order valence-corrected chi connectivity index (χ0v) is 11.0. The summed E-state index contributed by atoms with van der Waals surface area (Å²) in [5.74, 6) is -1.31. The van der Waals surface area contributed by atoms with Crippen LogP contribution in [0.25, 0.3) is 0 Å². The Hall–Kier alpha value is -1.40.